The van der Waals surface area contributed by atoms with Crippen LogP contribution >= 0.6 is 11.3 Å². The molecule has 11 nitrogen and oxygen atoms in total. The number of likely N-dealkylation sites (tertiary alicyclic amines) is 1. The lowest BCUT2D eigenvalue weighted by atomic mass is 10.2. The highest BCUT2D eigenvalue weighted by atomic mass is 32.1. The van der Waals surface area contributed by atoms with Crippen molar-refractivity contribution >= 4 is 57.5 Å². The van der Waals surface area contributed by atoms with Crippen molar-refractivity contribution < 1.29 is 23.4 Å². The zero-order chi connectivity index (χ0) is 34.0. The molecule has 254 valence electrons. The minimum absolute atomic E-state index is 0.0150. The number of primary amides is 1. The Hall–Kier alpha value is -3.94. The van der Waals surface area contributed by atoms with Gasteiger partial charge in [0, 0.05) is 18.2 Å². The van der Waals surface area contributed by atoms with Gasteiger partial charge in [0.1, 0.15) is 6.04 Å². The average molecular weight is 684 g/mol. The van der Waals surface area contributed by atoms with Crippen LogP contribution in [-0.2, 0) is 31.8 Å². The second kappa shape index (κ2) is 20.3. The number of aromatic amines is 1. The summed E-state index contributed by atoms with van der Waals surface area (Å²) in [6, 6.07) is 16.7. The van der Waals surface area contributed by atoms with Gasteiger partial charge in [0.25, 0.3) is 0 Å². The van der Waals surface area contributed by atoms with E-state index in [9.17, 15) is 19.2 Å². The zero-order valence-electron chi connectivity index (χ0n) is 26.7. The summed E-state index contributed by atoms with van der Waals surface area (Å²) >= 11 is 4.07. The van der Waals surface area contributed by atoms with Gasteiger partial charge < -0.3 is 20.9 Å². The van der Waals surface area contributed by atoms with E-state index in [2.05, 4.69) is 47.4 Å². The number of nitrogens with two attached hydrogens (primary N) is 1. The number of allylic oxidation sites excluding steroid dienone is 2. The third kappa shape index (κ3) is 13.4. The molecule has 3 fully saturated rings. The van der Waals surface area contributed by atoms with Gasteiger partial charge >= 0.3 is 4.87 Å². The molecule has 47 heavy (non-hydrogen) atoms. The van der Waals surface area contributed by atoms with E-state index in [0.29, 0.717) is 25.0 Å². The molecule has 3 unspecified atom stereocenters. The van der Waals surface area contributed by atoms with Gasteiger partial charge in [-0.25, -0.2) is 5.48 Å². The van der Waals surface area contributed by atoms with Gasteiger partial charge in [-0.2, -0.15) is 4.21 Å². The van der Waals surface area contributed by atoms with Crippen molar-refractivity contribution in [3.05, 3.63) is 76.4 Å². The van der Waals surface area contributed by atoms with Crippen LogP contribution in [0, 0.1) is 11.8 Å². The number of hydrogen-bond donors (Lipinski definition) is 4. The van der Waals surface area contributed by atoms with Crippen LogP contribution in [0.5, 0.6) is 0 Å². The first-order chi connectivity index (χ1) is 22.9. The maximum Gasteiger partial charge on any atom is 0.305 e. The van der Waals surface area contributed by atoms with Crippen LogP contribution in [0.4, 0.5) is 5.69 Å². The molecule has 0 radical (unpaired) electrons. The fourth-order valence-electron chi connectivity index (χ4n) is 5.01. The summed E-state index contributed by atoms with van der Waals surface area (Å²) in [7, 11) is 0. The molecule has 2 aliphatic carbocycles. The number of nitrogens with zero attached hydrogens (tertiary/aromatic N) is 1. The SMILES string of the molecule is CCCCC/C=C\C1CC1C(=O)NOC1CC1.NC(=O)C1CCCN1C(=O)CNc1ccccc1.O=S.O=c1[nH]c2ccccc2s1. The number of benzene rings is 2. The number of fused-ring (bicyclic) bond motifs is 1. The predicted molar refractivity (Wildman–Crippen MR) is 187 cm³/mol. The second-order valence-electron chi connectivity index (χ2n) is 11.6. The summed E-state index contributed by atoms with van der Waals surface area (Å²) in [5.74, 6) is 0.191. The lowest BCUT2D eigenvalue weighted by Gasteiger charge is -2.22. The minimum Gasteiger partial charge on any atom is -0.376 e. The summed E-state index contributed by atoms with van der Waals surface area (Å²) in [5, 5.41) is 3.04. The first kappa shape index (κ1) is 37.5. The molecule has 2 heterocycles. The van der Waals surface area contributed by atoms with Gasteiger partial charge in [-0.1, -0.05) is 73.6 Å². The number of anilines is 1. The lowest BCUT2D eigenvalue weighted by Crippen LogP contribution is -2.45. The van der Waals surface area contributed by atoms with Gasteiger partial charge in [0.05, 0.1) is 22.9 Å². The Morgan fingerprint density at radius 1 is 1.06 bits per heavy atom. The Labute approximate surface area is 284 Å². The summed E-state index contributed by atoms with van der Waals surface area (Å²) in [6.07, 6.45) is 14.4. The Morgan fingerprint density at radius 2 is 1.79 bits per heavy atom. The number of nitrogens with one attached hydrogen (secondary N) is 3. The fraction of sp³-hybridized carbons (Fsp3) is 0.471. The number of para-hydroxylation sites is 2. The standard InChI is InChI=1S/C14H23NO2.C13H17N3O2.C7H5NOS.OS/c1-2-3-4-5-6-7-11-10-13(11)14(16)15-17-12-8-9-12;14-13(18)11-7-4-8-16(11)12(17)9-15-10-5-2-1-3-6-10;9-7-8-5-3-1-2-4-6(5)10-7;1-2/h6-7,11-13H,2-5,8-10H2,1H3,(H,15,16);1-3,5-6,11,15H,4,7-9H2,(H2,14,18);1-4H,(H,8,9);/b7-6-;;;. The van der Waals surface area contributed by atoms with Crippen LogP contribution in [0.2, 0.25) is 0 Å². The molecule has 3 atom stereocenters. The largest absolute Gasteiger partial charge is 0.376 e. The number of carbonyl (C=O) groups excluding carboxylic acids is 3. The number of unbranched alkanes of at least 4 members (excludes halogenated alkanes) is 3. The molecule has 3 aliphatic rings. The number of carbonyl (C=O) groups is 3. The van der Waals surface area contributed by atoms with E-state index in [4.69, 9.17) is 14.8 Å². The summed E-state index contributed by atoms with van der Waals surface area (Å²) in [5.41, 5.74) is 9.67. The van der Waals surface area contributed by atoms with Crippen LogP contribution in [0.3, 0.4) is 0 Å². The molecular weight excluding hydrogens is 639 g/mol. The van der Waals surface area contributed by atoms with E-state index in [1.165, 1.54) is 30.6 Å². The van der Waals surface area contributed by atoms with E-state index in [-0.39, 0.29) is 29.1 Å². The van der Waals surface area contributed by atoms with Crippen LogP contribution in [0.1, 0.15) is 64.7 Å². The number of thiazole rings is 1. The van der Waals surface area contributed by atoms with E-state index in [1.54, 1.807) is 4.90 Å². The van der Waals surface area contributed by atoms with Crippen LogP contribution in [0.25, 0.3) is 10.2 Å². The summed E-state index contributed by atoms with van der Waals surface area (Å²) in [6.45, 7) is 3.02. The third-order valence-corrected chi connectivity index (χ3v) is 8.69. The van der Waals surface area contributed by atoms with Crippen molar-refractivity contribution in [3.63, 3.8) is 0 Å². The zero-order valence-corrected chi connectivity index (χ0v) is 28.4. The lowest BCUT2D eigenvalue weighted by molar-refractivity contribution is -0.136. The Morgan fingerprint density at radius 3 is 2.47 bits per heavy atom. The molecule has 6 rings (SSSR count). The van der Waals surface area contributed by atoms with Gasteiger partial charge in [-0.3, -0.25) is 24.0 Å². The average Bonchev–Trinajstić information content (AvgIpc) is 3.99. The number of amides is 3. The molecule has 3 amide bonds. The van der Waals surface area contributed by atoms with Crippen molar-refractivity contribution in [2.45, 2.75) is 76.9 Å². The van der Waals surface area contributed by atoms with Crippen LogP contribution < -0.4 is 21.4 Å². The topological polar surface area (TPSA) is 164 Å². The molecule has 1 aliphatic heterocycles. The molecule has 2 saturated carbocycles. The maximum atomic E-state index is 12.0. The quantitative estimate of drug-likeness (QED) is 0.120. The van der Waals surface area contributed by atoms with E-state index < -0.39 is 11.9 Å². The molecule has 13 heteroatoms. The van der Waals surface area contributed by atoms with Crippen molar-refractivity contribution in [1.29, 1.82) is 0 Å². The highest BCUT2D eigenvalue weighted by Crippen LogP contribution is 2.40. The van der Waals surface area contributed by atoms with Gasteiger partial charge in [-0.05, 0) is 75.1 Å². The summed E-state index contributed by atoms with van der Waals surface area (Å²) < 4.78 is 8.85. The molecule has 5 N–H and O–H groups in total. The molecule has 0 spiro atoms. The van der Waals surface area contributed by atoms with E-state index in [0.717, 1.165) is 48.0 Å². The van der Waals surface area contributed by atoms with Crippen molar-refractivity contribution in [3.8, 4) is 0 Å². The van der Waals surface area contributed by atoms with Gasteiger partial charge in [0.2, 0.25) is 17.7 Å². The second-order valence-corrected chi connectivity index (χ2v) is 12.6. The number of rotatable bonds is 12. The normalized spacial score (nSPS) is 19.3. The number of hydrogen-bond acceptors (Lipinski definition) is 9. The minimum atomic E-state index is -0.435. The number of aromatic nitrogens is 1. The molecule has 2 aromatic carbocycles. The van der Waals surface area contributed by atoms with Gasteiger partial charge in [-0.15, -0.1) is 0 Å². The summed E-state index contributed by atoms with van der Waals surface area (Å²) in [4.78, 5) is 55.1. The van der Waals surface area contributed by atoms with Crippen molar-refractivity contribution in [2.24, 2.45) is 17.6 Å². The predicted octanol–water partition coefficient (Wildman–Crippen LogP) is 4.80. The molecule has 1 aromatic heterocycles. The Bertz CT molecular complexity index is 1460. The molecular formula is C34H45N5O6S2. The highest BCUT2D eigenvalue weighted by Gasteiger charge is 2.41. The maximum absolute atomic E-state index is 12.0. The van der Waals surface area contributed by atoms with Crippen molar-refractivity contribution in [2.75, 3.05) is 18.4 Å². The third-order valence-electron chi connectivity index (χ3n) is 7.83. The monoisotopic (exact) mass is 683 g/mol. The highest BCUT2D eigenvalue weighted by molar-refractivity contribution is 7.44. The smallest absolute Gasteiger partial charge is 0.305 e. The van der Waals surface area contributed by atoms with Gasteiger partial charge in [0.15, 0.2) is 12.5 Å². The Balaban J connectivity index is 0.000000193. The fourth-order valence-corrected chi connectivity index (χ4v) is 5.74. The van der Waals surface area contributed by atoms with E-state index >= 15 is 0 Å². The Kier molecular flexibility index (Phi) is 16.2. The first-order valence-corrected chi connectivity index (χ1v) is 17.2. The molecule has 3 aromatic rings. The first-order valence-electron chi connectivity index (χ1n) is 16.1. The van der Waals surface area contributed by atoms with E-state index in [1.807, 2.05) is 54.6 Å². The van der Waals surface area contributed by atoms with Crippen LogP contribution in [-0.4, -0.2) is 57.0 Å². The van der Waals surface area contributed by atoms with Crippen LogP contribution in [0.15, 0.2) is 71.5 Å². The van der Waals surface area contributed by atoms with Crippen molar-refractivity contribution in [1.82, 2.24) is 15.4 Å². The number of hydroxylamine groups is 1. The molecule has 1 saturated heterocycles. The number of H-pyrrole nitrogens is 1. The molecule has 0 bridgehead atoms.